The lowest BCUT2D eigenvalue weighted by atomic mass is 10.1. The zero-order valence-corrected chi connectivity index (χ0v) is 14.5. The normalized spacial score (nSPS) is 12.6. The van der Waals surface area contributed by atoms with Gasteiger partial charge in [-0.2, -0.15) is 0 Å². The van der Waals surface area contributed by atoms with E-state index in [2.05, 4.69) is 11.9 Å². The Labute approximate surface area is 142 Å². The lowest BCUT2D eigenvalue weighted by molar-refractivity contribution is -0.154. The van der Waals surface area contributed by atoms with Gasteiger partial charge in [-0.25, -0.2) is 9.59 Å². The maximum absolute atomic E-state index is 11.6. The fourth-order valence-corrected chi connectivity index (χ4v) is 1.35. The van der Waals surface area contributed by atoms with Crippen molar-refractivity contribution in [1.29, 1.82) is 0 Å². The first kappa shape index (κ1) is 21.9. The molecular formula is C16H27NO7. The Morgan fingerprint density at radius 3 is 2.46 bits per heavy atom. The van der Waals surface area contributed by atoms with Crippen LogP contribution in [0.3, 0.4) is 0 Å². The molecule has 1 amide bonds. The number of hydrogen-bond acceptors (Lipinski definition) is 7. The van der Waals surface area contributed by atoms with Gasteiger partial charge in [0.15, 0.2) is 0 Å². The highest BCUT2D eigenvalue weighted by Crippen LogP contribution is 2.05. The smallest absolute Gasteiger partial charge is 0.407 e. The zero-order valence-electron chi connectivity index (χ0n) is 14.5. The Morgan fingerprint density at radius 2 is 1.83 bits per heavy atom. The molecule has 1 N–H and O–H groups in total. The molecule has 8 nitrogen and oxygen atoms in total. The standard InChI is InChI=1S/C16H27NO7/c1-5-12(3)15(19)24-13(4)11-23-16(20)17-7-8-21-9-10-22-14(18)6-2/h6,12-13H,2,5,7-11H2,1,3-4H3,(H,17,20). The van der Waals surface area contributed by atoms with Crippen LogP contribution in [-0.2, 0) is 28.5 Å². The Morgan fingerprint density at radius 1 is 1.12 bits per heavy atom. The van der Waals surface area contributed by atoms with Crippen LogP contribution < -0.4 is 5.32 Å². The molecule has 0 rings (SSSR count). The first-order valence-electron chi connectivity index (χ1n) is 7.88. The second kappa shape index (κ2) is 13.4. The van der Waals surface area contributed by atoms with Crippen LogP contribution >= 0.6 is 0 Å². The van der Waals surface area contributed by atoms with Crippen LogP contribution in [0.15, 0.2) is 12.7 Å². The molecule has 0 aliphatic carbocycles. The molecule has 138 valence electrons. The van der Waals surface area contributed by atoms with Gasteiger partial charge in [0, 0.05) is 12.6 Å². The minimum absolute atomic E-state index is 0.0215. The number of hydrogen-bond donors (Lipinski definition) is 1. The fraction of sp³-hybridized carbons (Fsp3) is 0.688. The topological polar surface area (TPSA) is 100 Å². The molecule has 0 fully saturated rings. The van der Waals surface area contributed by atoms with Crippen molar-refractivity contribution in [3.8, 4) is 0 Å². The van der Waals surface area contributed by atoms with Crippen LogP contribution in [-0.4, -0.2) is 57.1 Å². The molecule has 2 atom stereocenters. The summed E-state index contributed by atoms with van der Waals surface area (Å²) in [5.74, 6) is -0.993. The number of carbonyl (C=O) groups excluding carboxylic acids is 3. The molecular weight excluding hydrogens is 318 g/mol. The van der Waals surface area contributed by atoms with Gasteiger partial charge in [-0.05, 0) is 13.3 Å². The van der Waals surface area contributed by atoms with Gasteiger partial charge >= 0.3 is 18.0 Å². The van der Waals surface area contributed by atoms with Crippen molar-refractivity contribution in [2.45, 2.75) is 33.3 Å². The second-order valence-electron chi connectivity index (χ2n) is 5.07. The molecule has 8 heteroatoms. The van der Waals surface area contributed by atoms with Crippen LogP contribution in [0.2, 0.25) is 0 Å². The lowest BCUT2D eigenvalue weighted by Gasteiger charge is -2.16. The highest BCUT2D eigenvalue weighted by molar-refractivity contribution is 5.81. The molecule has 0 aliphatic heterocycles. The van der Waals surface area contributed by atoms with Crippen LogP contribution in [0.25, 0.3) is 0 Å². The van der Waals surface area contributed by atoms with E-state index in [9.17, 15) is 14.4 Å². The molecule has 24 heavy (non-hydrogen) atoms. The van der Waals surface area contributed by atoms with E-state index < -0.39 is 18.2 Å². The number of carbonyl (C=O) groups is 3. The van der Waals surface area contributed by atoms with Gasteiger partial charge in [0.05, 0.1) is 19.1 Å². The number of amides is 1. The number of esters is 2. The molecule has 0 radical (unpaired) electrons. The van der Waals surface area contributed by atoms with Crippen molar-refractivity contribution in [3.63, 3.8) is 0 Å². The van der Waals surface area contributed by atoms with E-state index in [1.807, 2.05) is 6.92 Å². The summed E-state index contributed by atoms with van der Waals surface area (Å²) in [7, 11) is 0. The second-order valence-corrected chi connectivity index (χ2v) is 5.07. The van der Waals surface area contributed by atoms with Crippen molar-refractivity contribution < 1.29 is 33.3 Å². The minimum atomic E-state index is -0.622. The van der Waals surface area contributed by atoms with Crippen LogP contribution in [0, 0.1) is 5.92 Å². The summed E-state index contributed by atoms with van der Waals surface area (Å²) >= 11 is 0. The first-order chi connectivity index (χ1) is 11.4. The average Bonchev–Trinajstić information content (AvgIpc) is 2.57. The molecule has 0 aromatic rings. The van der Waals surface area contributed by atoms with Gasteiger partial charge in [0.1, 0.15) is 19.3 Å². The van der Waals surface area contributed by atoms with E-state index in [4.69, 9.17) is 18.9 Å². The van der Waals surface area contributed by atoms with Gasteiger partial charge < -0.3 is 24.3 Å². The average molecular weight is 345 g/mol. The quantitative estimate of drug-likeness (QED) is 0.247. The molecule has 0 spiro atoms. The summed E-state index contributed by atoms with van der Waals surface area (Å²) in [5.41, 5.74) is 0. The third kappa shape index (κ3) is 11.5. The van der Waals surface area contributed by atoms with Crippen molar-refractivity contribution in [2.24, 2.45) is 5.92 Å². The van der Waals surface area contributed by atoms with Crippen LogP contribution in [0.4, 0.5) is 4.79 Å². The van der Waals surface area contributed by atoms with E-state index in [-0.39, 0.29) is 44.9 Å². The minimum Gasteiger partial charge on any atom is -0.460 e. The Balaban J connectivity index is 3.60. The molecule has 0 bridgehead atoms. The summed E-state index contributed by atoms with van der Waals surface area (Å²) in [5, 5.41) is 2.49. The number of alkyl carbamates (subject to hydrolysis) is 1. The summed E-state index contributed by atoms with van der Waals surface area (Å²) < 4.78 is 19.9. The predicted octanol–water partition coefficient (Wildman–Crippen LogP) is 1.44. The summed E-state index contributed by atoms with van der Waals surface area (Å²) in [4.78, 5) is 33.7. The zero-order chi connectivity index (χ0) is 18.4. The number of ether oxygens (including phenoxy) is 4. The van der Waals surface area contributed by atoms with Gasteiger partial charge in [0.2, 0.25) is 0 Å². The van der Waals surface area contributed by atoms with Gasteiger partial charge in [-0.1, -0.05) is 20.4 Å². The Kier molecular flexibility index (Phi) is 12.2. The molecule has 0 aromatic heterocycles. The Bertz CT molecular complexity index is 411. The van der Waals surface area contributed by atoms with E-state index in [1.54, 1.807) is 13.8 Å². The first-order valence-corrected chi connectivity index (χ1v) is 7.88. The molecule has 0 saturated heterocycles. The Hall–Kier alpha value is -2.09. The van der Waals surface area contributed by atoms with Crippen molar-refractivity contribution in [1.82, 2.24) is 5.32 Å². The molecule has 0 aliphatic rings. The summed E-state index contributed by atoms with van der Waals surface area (Å²) in [6.45, 7) is 9.40. The monoisotopic (exact) mass is 345 g/mol. The van der Waals surface area contributed by atoms with Crippen molar-refractivity contribution in [3.05, 3.63) is 12.7 Å². The summed E-state index contributed by atoms with van der Waals surface area (Å²) in [6.07, 6.45) is 0.634. The van der Waals surface area contributed by atoms with E-state index in [0.29, 0.717) is 6.42 Å². The van der Waals surface area contributed by atoms with Gasteiger partial charge in [0.25, 0.3) is 0 Å². The molecule has 0 aromatic carbocycles. The van der Waals surface area contributed by atoms with Gasteiger partial charge in [-0.3, -0.25) is 4.79 Å². The van der Waals surface area contributed by atoms with E-state index in [1.165, 1.54) is 0 Å². The van der Waals surface area contributed by atoms with Crippen molar-refractivity contribution in [2.75, 3.05) is 33.0 Å². The number of nitrogens with one attached hydrogen (secondary N) is 1. The fourth-order valence-electron chi connectivity index (χ4n) is 1.35. The highest BCUT2D eigenvalue weighted by atomic mass is 16.6. The largest absolute Gasteiger partial charge is 0.460 e. The van der Waals surface area contributed by atoms with Crippen LogP contribution in [0.5, 0.6) is 0 Å². The van der Waals surface area contributed by atoms with E-state index in [0.717, 1.165) is 6.08 Å². The SMILES string of the molecule is C=CC(=O)OCCOCCNC(=O)OCC(C)OC(=O)C(C)CC. The predicted molar refractivity (Wildman–Crippen MR) is 86.3 cm³/mol. The third-order valence-corrected chi connectivity index (χ3v) is 2.94. The highest BCUT2D eigenvalue weighted by Gasteiger charge is 2.16. The van der Waals surface area contributed by atoms with Gasteiger partial charge in [-0.15, -0.1) is 0 Å². The maximum Gasteiger partial charge on any atom is 0.407 e. The lowest BCUT2D eigenvalue weighted by Crippen LogP contribution is -2.32. The summed E-state index contributed by atoms with van der Waals surface area (Å²) in [6, 6.07) is 0. The maximum atomic E-state index is 11.6. The third-order valence-electron chi connectivity index (χ3n) is 2.94. The molecule has 0 heterocycles. The number of rotatable bonds is 12. The molecule has 2 unspecified atom stereocenters. The molecule has 0 saturated carbocycles. The van der Waals surface area contributed by atoms with Crippen LogP contribution in [0.1, 0.15) is 27.2 Å². The van der Waals surface area contributed by atoms with Crippen molar-refractivity contribution >= 4 is 18.0 Å². The van der Waals surface area contributed by atoms with E-state index >= 15 is 0 Å².